The minimum absolute atomic E-state index is 0.953. The number of nitrogens with zero attached hydrogens (tertiary/aromatic N) is 2. The number of hydrogen-bond donors (Lipinski definition) is 0. The van der Waals surface area contributed by atoms with Crippen molar-refractivity contribution < 1.29 is 0 Å². The van der Waals surface area contributed by atoms with Gasteiger partial charge in [-0.05, 0) is 25.1 Å². The third-order valence-corrected chi connectivity index (χ3v) is 2.69. The Morgan fingerprint density at radius 1 is 1.50 bits per heavy atom. The summed E-state index contributed by atoms with van der Waals surface area (Å²) in [6.45, 7) is 7.40. The Balaban J connectivity index is 2.62. The van der Waals surface area contributed by atoms with Gasteiger partial charge in [0.15, 0.2) is 0 Å². The van der Waals surface area contributed by atoms with Crippen molar-refractivity contribution in [2.24, 2.45) is 0 Å². The summed E-state index contributed by atoms with van der Waals surface area (Å²) in [5.74, 6) is 0. The molecule has 1 heterocycles. The fourth-order valence-electron chi connectivity index (χ4n) is 1.36. The molecule has 1 aromatic rings. The number of alkyl halides is 1. The van der Waals surface area contributed by atoms with Crippen LogP contribution in [-0.2, 0) is 6.54 Å². The summed E-state index contributed by atoms with van der Waals surface area (Å²) in [7, 11) is 0. The number of rotatable bonds is 5. The van der Waals surface area contributed by atoms with E-state index in [1.807, 2.05) is 12.3 Å². The minimum Gasteiger partial charge on any atom is -0.297 e. The van der Waals surface area contributed by atoms with Gasteiger partial charge in [-0.15, -0.1) is 0 Å². The maximum absolute atomic E-state index is 4.39. The Kier molecular flexibility index (Phi) is 5.12. The van der Waals surface area contributed by atoms with Gasteiger partial charge in [0.2, 0.25) is 0 Å². The van der Waals surface area contributed by atoms with Crippen LogP contribution in [-0.4, -0.2) is 28.3 Å². The fraction of sp³-hybridized carbons (Fsp3) is 0.545. The van der Waals surface area contributed by atoms with Crippen molar-refractivity contribution in [1.82, 2.24) is 9.88 Å². The predicted octanol–water partition coefficient (Wildman–Crippen LogP) is 2.61. The van der Waals surface area contributed by atoms with Gasteiger partial charge in [-0.2, -0.15) is 0 Å². The molecule has 0 fully saturated rings. The zero-order valence-corrected chi connectivity index (χ0v) is 10.4. The molecule has 0 aromatic carbocycles. The molecule has 14 heavy (non-hydrogen) atoms. The highest BCUT2D eigenvalue weighted by Gasteiger charge is 2.05. The Morgan fingerprint density at radius 2 is 2.29 bits per heavy atom. The molecule has 0 saturated carbocycles. The number of pyridine rings is 1. The lowest BCUT2D eigenvalue weighted by Crippen LogP contribution is -2.25. The molecule has 0 aliphatic heterocycles. The van der Waals surface area contributed by atoms with Crippen LogP contribution in [0.5, 0.6) is 0 Å². The first kappa shape index (κ1) is 11.7. The topological polar surface area (TPSA) is 16.1 Å². The van der Waals surface area contributed by atoms with E-state index in [1.54, 1.807) is 0 Å². The maximum Gasteiger partial charge on any atom is 0.0573 e. The van der Waals surface area contributed by atoms with Gasteiger partial charge < -0.3 is 0 Å². The number of aromatic nitrogens is 1. The molecule has 2 nitrogen and oxygen atoms in total. The Bertz CT molecular complexity index is 276. The lowest BCUT2D eigenvalue weighted by atomic mass is 10.2. The van der Waals surface area contributed by atoms with Crippen LogP contribution in [0.1, 0.15) is 18.2 Å². The number of halogens is 1. The summed E-state index contributed by atoms with van der Waals surface area (Å²) < 4.78 is 0. The molecule has 0 N–H and O–H groups in total. The van der Waals surface area contributed by atoms with Crippen LogP contribution in [0.15, 0.2) is 18.3 Å². The van der Waals surface area contributed by atoms with E-state index in [0.717, 1.165) is 25.0 Å². The van der Waals surface area contributed by atoms with E-state index < -0.39 is 0 Å². The van der Waals surface area contributed by atoms with Gasteiger partial charge in [-0.25, -0.2) is 0 Å². The molecule has 0 aliphatic rings. The van der Waals surface area contributed by atoms with Crippen LogP contribution in [0.2, 0.25) is 0 Å². The van der Waals surface area contributed by atoms with E-state index in [-0.39, 0.29) is 0 Å². The highest BCUT2D eigenvalue weighted by Crippen LogP contribution is 2.07. The number of hydrogen-bond acceptors (Lipinski definition) is 2. The first-order valence-corrected chi connectivity index (χ1v) is 6.09. The number of aryl methyl sites for hydroxylation is 1. The average Bonchev–Trinajstić information content (AvgIpc) is 2.20. The fourth-order valence-corrected chi connectivity index (χ4v) is 1.87. The van der Waals surface area contributed by atoms with Gasteiger partial charge in [0.05, 0.1) is 5.69 Å². The summed E-state index contributed by atoms with van der Waals surface area (Å²) in [5.41, 5.74) is 2.47. The van der Waals surface area contributed by atoms with Crippen LogP contribution in [0.3, 0.4) is 0 Å². The zero-order chi connectivity index (χ0) is 10.4. The van der Waals surface area contributed by atoms with E-state index in [1.165, 1.54) is 11.3 Å². The Hall–Kier alpha value is -0.410. The molecule has 0 spiro atoms. The monoisotopic (exact) mass is 256 g/mol. The van der Waals surface area contributed by atoms with Gasteiger partial charge in [0.1, 0.15) is 0 Å². The van der Waals surface area contributed by atoms with Gasteiger partial charge in [-0.1, -0.05) is 28.9 Å². The third kappa shape index (κ3) is 3.39. The molecular formula is C11H17BrN2. The van der Waals surface area contributed by atoms with Crippen molar-refractivity contribution in [3.63, 3.8) is 0 Å². The summed E-state index contributed by atoms with van der Waals surface area (Å²) in [5, 5.41) is 1.02. The lowest BCUT2D eigenvalue weighted by molar-refractivity contribution is 0.295. The van der Waals surface area contributed by atoms with Crippen molar-refractivity contribution in [2.75, 3.05) is 18.4 Å². The highest BCUT2D eigenvalue weighted by molar-refractivity contribution is 9.09. The van der Waals surface area contributed by atoms with Crippen LogP contribution < -0.4 is 0 Å². The largest absolute Gasteiger partial charge is 0.297 e. The standard InChI is InChI=1S/C11H17BrN2/c1-3-14(8-6-12)9-11-10(2)5-4-7-13-11/h4-5,7H,3,6,8-9H2,1-2H3. The SMILES string of the molecule is CCN(CCBr)Cc1ncccc1C. The third-order valence-electron chi connectivity index (χ3n) is 2.34. The smallest absolute Gasteiger partial charge is 0.0573 e. The zero-order valence-electron chi connectivity index (χ0n) is 8.83. The van der Waals surface area contributed by atoms with Crippen LogP contribution >= 0.6 is 15.9 Å². The molecule has 78 valence electrons. The molecule has 0 unspecified atom stereocenters. The lowest BCUT2D eigenvalue weighted by Gasteiger charge is -2.19. The van der Waals surface area contributed by atoms with Crippen molar-refractivity contribution in [2.45, 2.75) is 20.4 Å². The summed E-state index contributed by atoms with van der Waals surface area (Å²) in [4.78, 5) is 6.77. The normalized spacial score (nSPS) is 10.9. The molecule has 0 bridgehead atoms. The second-order valence-corrected chi connectivity index (χ2v) is 4.12. The predicted molar refractivity (Wildman–Crippen MR) is 63.7 cm³/mol. The molecule has 0 aliphatic carbocycles. The minimum atomic E-state index is 0.953. The van der Waals surface area contributed by atoms with Crippen molar-refractivity contribution in [3.8, 4) is 0 Å². The van der Waals surface area contributed by atoms with E-state index in [9.17, 15) is 0 Å². The molecule has 0 radical (unpaired) electrons. The highest BCUT2D eigenvalue weighted by atomic mass is 79.9. The van der Waals surface area contributed by atoms with Gasteiger partial charge in [0.25, 0.3) is 0 Å². The van der Waals surface area contributed by atoms with E-state index in [0.29, 0.717) is 0 Å². The Labute approximate surface area is 94.5 Å². The molecule has 0 atom stereocenters. The van der Waals surface area contributed by atoms with Gasteiger partial charge in [0, 0.05) is 24.6 Å². The van der Waals surface area contributed by atoms with Crippen LogP contribution in [0.25, 0.3) is 0 Å². The molecule has 0 saturated heterocycles. The molecular weight excluding hydrogens is 240 g/mol. The van der Waals surface area contributed by atoms with Crippen LogP contribution in [0, 0.1) is 6.92 Å². The average molecular weight is 257 g/mol. The first-order chi connectivity index (χ1) is 6.77. The molecule has 1 aromatic heterocycles. The second kappa shape index (κ2) is 6.14. The maximum atomic E-state index is 4.39. The van der Waals surface area contributed by atoms with Crippen LogP contribution in [0.4, 0.5) is 0 Å². The first-order valence-electron chi connectivity index (χ1n) is 4.96. The Morgan fingerprint density at radius 3 is 2.86 bits per heavy atom. The van der Waals surface area contributed by atoms with Crippen molar-refractivity contribution in [3.05, 3.63) is 29.6 Å². The van der Waals surface area contributed by atoms with E-state index in [2.05, 4.69) is 45.7 Å². The van der Waals surface area contributed by atoms with Crippen molar-refractivity contribution in [1.29, 1.82) is 0 Å². The quantitative estimate of drug-likeness (QED) is 0.754. The van der Waals surface area contributed by atoms with Gasteiger partial charge in [-0.3, -0.25) is 9.88 Å². The van der Waals surface area contributed by atoms with Crippen molar-refractivity contribution >= 4 is 15.9 Å². The molecule has 0 amide bonds. The van der Waals surface area contributed by atoms with E-state index >= 15 is 0 Å². The molecule has 1 rings (SSSR count). The summed E-state index contributed by atoms with van der Waals surface area (Å²) in [6, 6.07) is 4.10. The summed E-state index contributed by atoms with van der Waals surface area (Å²) >= 11 is 3.46. The summed E-state index contributed by atoms with van der Waals surface area (Å²) in [6.07, 6.45) is 1.87. The second-order valence-electron chi connectivity index (χ2n) is 3.32. The molecule has 3 heteroatoms. The van der Waals surface area contributed by atoms with E-state index in [4.69, 9.17) is 0 Å². The van der Waals surface area contributed by atoms with Gasteiger partial charge >= 0.3 is 0 Å².